The maximum atomic E-state index is 4.61. The van der Waals surface area contributed by atoms with Gasteiger partial charge in [-0.1, -0.05) is 39.2 Å². The van der Waals surface area contributed by atoms with E-state index in [1.165, 1.54) is 49.8 Å². The predicted octanol–water partition coefficient (Wildman–Crippen LogP) is 4.27. The van der Waals surface area contributed by atoms with Crippen LogP contribution in [0.4, 0.5) is 0 Å². The number of aryl methyl sites for hydroxylation is 1. The fourth-order valence-electron chi connectivity index (χ4n) is 3.42. The van der Waals surface area contributed by atoms with Gasteiger partial charge in [-0.2, -0.15) is 0 Å². The lowest BCUT2D eigenvalue weighted by Crippen LogP contribution is -2.46. The van der Waals surface area contributed by atoms with Crippen LogP contribution in [0.15, 0.2) is 18.3 Å². The Morgan fingerprint density at radius 2 is 2.00 bits per heavy atom. The molecule has 0 amide bonds. The van der Waals surface area contributed by atoms with E-state index >= 15 is 0 Å². The molecule has 1 saturated carbocycles. The van der Waals surface area contributed by atoms with Gasteiger partial charge in [0.15, 0.2) is 0 Å². The normalized spacial score (nSPS) is 19.8. The molecule has 20 heavy (non-hydrogen) atoms. The molecular formula is C18H30N2. The van der Waals surface area contributed by atoms with Crippen LogP contribution in [-0.4, -0.2) is 17.6 Å². The summed E-state index contributed by atoms with van der Waals surface area (Å²) in [6.45, 7) is 7.95. The molecule has 1 N–H and O–H groups in total. The molecule has 1 aliphatic rings. The van der Waals surface area contributed by atoms with Crippen LogP contribution in [0, 0.1) is 12.3 Å². The van der Waals surface area contributed by atoms with E-state index in [4.69, 9.17) is 0 Å². The van der Waals surface area contributed by atoms with E-state index in [1.807, 2.05) is 6.20 Å². The number of aromatic nitrogens is 1. The number of nitrogens with one attached hydrogen (secondary N) is 1. The molecule has 1 fully saturated rings. The molecule has 2 rings (SSSR count). The number of hydrogen-bond donors (Lipinski definition) is 1. The highest BCUT2D eigenvalue weighted by Crippen LogP contribution is 2.39. The van der Waals surface area contributed by atoms with Crippen molar-refractivity contribution in [2.24, 2.45) is 5.41 Å². The summed E-state index contributed by atoms with van der Waals surface area (Å²) in [5, 5.41) is 3.80. The Labute approximate surface area is 124 Å². The second-order valence-electron chi connectivity index (χ2n) is 6.75. The van der Waals surface area contributed by atoms with Crippen molar-refractivity contribution in [3.63, 3.8) is 0 Å². The standard InChI is InChI=1S/C18H30N2/c1-4-12-19-17(18(3)10-6-5-7-11-18)13-16-9-8-15(2)14-20-16/h8-9,14,17,19H,4-7,10-13H2,1-3H3. The van der Waals surface area contributed by atoms with Gasteiger partial charge in [-0.05, 0) is 49.8 Å². The van der Waals surface area contributed by atoms with Crippen LogP contribution in [-0.2, 0) is 6.42 Å². The van der Waals surface area contributed by atoms with Gasteiger partial charge in [-0.25, -0.2) is 0 Å². The van der Waals surface area contributed by atoms with Crippen molar-refractivity contribution in [3.05, 3.63) is 29.6 Å². The van der Waals surface area contributed by atoms with Crippen LogP contribution in [0.3, 0.4) is 0 Å². The van der Waals surface area contributed by atoms with Crippen molar-refractivity contribution in [2.45, 2.75) is 71.8 Å². The first-order valence-electron chi connectivity index (χ1n) is 8.29. The first kappa shape index (κ1) is 15.5. The number of nitrogens with zero attached hydrogens (tertiary/aromatic N) is 1. The summed E-state index contributed by atoms with van der Waals surface area (Å²) in [7, 11) is 0. The molecule has 0 aromatic carbocycles. The van der Waals surface area contributed by atoms with Gasteiger partial charge in [0.05, 0.1) is 0 Å². The highest BCUT2D eigenvalue weighted by Gasteiger charge is 2.35. The molecule has 0 spiro atoms. The molecule has 2 heteroatoms. The minimum absolute atomic E-state index is 0.444. The Morgan fingerprint density at radius 3 is 2.60 bits per heavy atom. The van der Waals surface area contributed by atoms with Crippen LogP contribution in [0.25, 0.3) is 0 Å². The fraction of sp³-hybridized carbons (Fsp3) is 0.722. The highest BCUT2D eigenvalue weighted by atomic mass is 14.9. The van der Waals surface area contributed by atoms with Crippen LogP contribution in [0.1, 0.15) is 63.6 Å². The van der Waals surface area contributed by atoms with Gasteiger partial charge < -0.3 is 5.32 Å². The van der Waals surface area contributed by atoms with E-state index in [9.17, 15) is 0 Å². The largest absolute Gasteiger partial charge is 0.313 e. The fourth-order valence-corrected chi connectivity index (χ4v) is 3.42. The molecule has 0 radical (unpaired) electrons. The predicted molar refractivity (Wildman–Crippen MR) is 86.0 cm³/mol. The number of hydrogen-bond acceptors (Lipinski definition) is 2. The van der Waals surface area contributed by atoms with Crippen molar-refractivity contribution in [3.8, 4) is 0 Å². The summed E-state index contributed by atoms with van der Waals surface area (Å²) in [6.07, 6.45) is 11.2. The van der Waals surface area contributed by atoms with Gasteiger partial charge in [0, 0.05) is 24.4 Å². The smallest absolute Gasteiger partial charge is 0.0419 e. The van der Waals surface area contributed by atoms with Crippen molar-refractivity contribution in [1.29, 1.82) is 0 Å². The average molecular weight is 274 g/mol. The molecular weight excluding hydrogens is 244 g/mol. The number of pyridine rings is 1. The van der Waals surface area contributed by atoms with E-state index in [-0.39, 0.29) is 0 Å². The minimum Gasteiger partial charge on any atom is -0.313 e. The lowest BCUT2D eigenvalue weighted by Gasteiger charge is -2.41. The SMILES string of the molecule is CCCNC(Cc1ccc(C)cn1)C1(C)CCCCC1. The summed E-state index contributed by atoms with van der Waals surface area (Å²) in [4.78, 5) is 4.61. The van der Waals surface area contributed by atoms with E-state index in [0.29, 0.717) is 11.5 Å². The van der Waals surface area contributed by atoms with Gasteiger partial charge in [-0.15, -0.1) is 0 Å². The molecule has 0 aliphatic heterocycles. The third-order valence-electron chi connectivity index (χ3n) is 4.86. The highest BCUT2D eigenvalue weighted by molar-refractivity contribution is 5.14. The summed E-state index contributed by atoms with van der Waals surface area (Å²) in [5.74, 6) is 0. The van der Waals surface area contributed by atoms with Crippen molar-refractivity contribution >= 4 is 0 Å². The molecule has 1 heterocycles. The van der Waals surface area contributed by atoms with E-state index in [2.05, 4.69) is 43.2 Å². The first-order chi connectivity index (χ1) is 9.64. The Balaban J connectivity index is 2.07. The monoisotopic (exact) mass is 274 g/mol. The molecule has 1 aliphatic carbocycles. The quantitative estimate of drug-likeness (QED) is 0.838. The van der Waals surface area contributed by atoms with Crippen LogP contribution in [0.5, 0.6) is 0 Å². The Morgan fingerprint density at radius 1 is 1.25 bits per heavy atom. The Kier molecular flexibility index (Phi) is 5.59. The van der Waals surface area contributed by atoms with Gasteiger partial charge in [0.25, 0.3) is 0 Å². The summed E-state index contributed by atoms with van der Waals surface area (Å²) in [6, 6.07) is 4.95. The maximum absolute atomic E-state index is 4.61. The van der Waals surface area contributed by atoms with Crippen LogP contribution < -0.4 is 5.32 Å². The summed E-state index contributed by atoms with van der Waals surface area (Å²) >= 11 is 0. The third-order valence-corrected chi connectivity index (χ3v) is 4.86. The maximum Gasteiger partial charge on any atom is 0.0419 e. The lowest BCUT2D eigenvalue weighted by atomic mass is 9.69. The molecule has 0 bridgehead atoms. The van der Waals surface area contributed by atoms with Gasteiger partial charge >= 0.3 is 0 Å². The van der Waals surface area contributed by atoms with Gasteiger partial charge in [-0.3, -0.25) is 4.98 Å². The lowest BCUT2D eigenvalue weighted by molar-refractivity contribution is 0.143. The molecule has 1 atom stereocenters. The van der Waals surface area contributed by atoms with Gasteiger partial charge in [0.2, 0.25) is 0 Å². The second kappa shape index (κ2) is 7.21. The zero-order chi connectivity index (χ0) is 14.4. The molecule has 1 unspecified atom stereocenters. The zero-order valence-corrected chi connectivity index (χ0v) is 13.4. The summed E-state index contributed by atoms with van der Waals surface area (Å²) < 4.78 is 0. The Bertz CT molecular complexity index is 390. The summed E-state index contributed by atoms with van der Waals surface area (Å²) in [5.41, 5.74) is 2.92. The van der Waals surface area contributed by atoms with Crippen LogP contribution in [0.2, 0.25) is 0 Å². The third kappa shape index (κ3) is 4.05. The zero-order valence-electron chi connectivity index (χ0n) is 13.4. The van der Waals surface area contributed by atoms with Crippen molar-refractivity contribution < 1.29 is 0 Å². The second-order valence-corrected chi connectivity index (χ2v) is 6.75. The Hall–Kier alpha value is -0.890. The van der Waals surface area contributed by atoms with E-state index < -0.39 is 0 Å². The van der Waals surface area contributed by atoms with Crippen molar-refractivity contribution in [2.75, 3.05) is 6.54 Å². The molecule has 1 aromatic heterocycles. The van der Waals surface area contributed by atoms with Crippen molar-refractivity contribution in [1.82, 2.24) is 10.3 Å². The van der Waals surface area contributed by atoms with Crippen LogP contribution >= 0.6 is 0 Å². The topological polar surface area (TPSA) is 24.9 Å². The average Bonchev–Trinajstić information content (AvgIpc) is 2.46. The van der Waals surface area contributed by atoms with Gasteiger partial charge in [0.1, 0.15) is 0 Å². The number of rotatable bonds is 6. The minimum atomic E-state index is 0.444. The van der Waals surface area contributed by atoms with E-state index in [1.54, 1.807) is 0 Å². The molecule has 0 saturated heterocycles. The molecule has 112 valence electrons. The molecule has 2 nitrogen and oxygen atoms in total. The first-order valence-corrected chi connectivity index (χ1v) is 8.29. The molecule has 1 aromatic rings. The van der Waals surface area contributed by atoms with E-state index in [0.717, 1.165) is 13.0 Å².